The molecule has 1 aliphatic rings. The molecule has 2 aromatic heterocycles. The third kappa shape index (κ3) is 3.25. The van der Waals surface area contributed by atoms with Gasteiger partial charge in [0.2, 0.25) is 10.0 Å². The third-order valence-electron chi connectivity index (χ3n) is 5.54. The maximum absolute atomic E-state index is 13.3. The largest absolute Gasteiger partial charge is 0.332 e. The number of pyridine rings is 1. The van der Waals surface area contributed by atoms with Gasteiger partial charge in [-0.3, -0.25) is 13.9 Å². The zero-order valence-corrected chi connectivity index (χ0v) is 17.4. The lowest BCUT2D eigenvalue weighted by Gasteiger charge is -2.34. The summed E-state index contributed by atoms with van der Waals surface area (Å²) in [5.41, 5.74) is -0.274. The van der Waals surface area contributed by atoms with Crippen molar-refractivity contribution in [2.24, 2.45) is 14.1 Å². The number of piperidine rings is 1. The van der Waals surface area contributed by atoms with Gasteiger partial charge in [-0.25, -0.2) is 22.6 Å². The fraction of sp³-hybridized carbons (Fsp3) is 0.350. The van der Waals surface area contributed by atoms with E-state index in [0.717, 1.165) is 23.1 Å². The Morgan fingerprint density at radius 2 is 1.70 bits per heavy atom. The second kappa shape index (κ2) is 7.44. The lowest BCUT2D eigenvalue weighted by molar-refractivity contribution is 0.251. The van der Waals surface area contributed by atoms with E-state index >= 15 is 0 Å². The summed E-state index contributed by atoms with van der Waals surface area (Å²) in [4.78, 5) is 29.2. The average Bonchev–Trinajstić information content (AvgIpc) is 2.76. The van der Waals surface area contributed by atoms with Gasteiger partial charge in [0.25, 0.3) is 5.56 Å². The number of aromatic nitrogens is 3. The maximum Gasteiger partial charge on any atom is 0.332 e. The summed E-state index contributed by atoms with van der Waals surface area (Å²) in [6, 6.07) is 7.40. The molecule has 0 spiro atoms. The molecule has 0 N–H and O–H groups in total. The molecule has 4 rings (SSSR count). The van der Waals surface area contributed by atoms with Crippen molar-refractivity contribution in [1.29, 1.82) is 0 Å². The second-order valence-corrected chi connectivity index (χ2v) is 9.28. The summed E-state index contributed by atoms with van der Waals surface area (Å²) in [5.74, 6) is -0.511. The molecule has 1 saturated heterocycles. The predicted octanol–water partition coefficient (Wildman–Crippen LogP) is 1.69. The molecule has 0 amide bonds. The zero-order valence-electron chi connectivity index (χ0n) is 16.6. The van der Waals surface area contributed by atoms with Crippen LogP contribution in [0.3, 0.4) is 0 Å². The van der Waals surface area contributed by atoms with E-state index in [-0.39, 0.29) is 15.9 Å². The smallest absolute Gasteiger partial charge is 0.280 e. The van der Waals surface area contributed by atoms with Gasteiger partial charge in [0.1, 0.15) is 11.5 Å². The molecular formula is C20H21FN4O4S. The van der Waals surface area contributed by atoms with Crippen molar-refractivity contribution in [3.8, 4) is 0 Å². The van der Waals surface area contributed by atoms with Gasteiger partial charge in [0.05, 0.1) is 22.0 Å². The second-order valence-electron chi connectivity index (χ2n) is 7.39. The van der Waals surface area contributed by atoms with Gasteiger partial charge in [-0.05, 0) is 49.2 Å². The lowest BCUT2D eigenvalue weighted by Crippen LogP contribution is -2.39. The molecule has 0 saturated carbocycles. The molecule has 0 bridgehead atoms. The molecule has 0 radical (unpaired) electrons. The highest BCUT2D eigenvalue weighted by molar-refractivity contribution is 7.89. The number of halogens is 1. The number of hydrogen-bond acceptors (Lipinski definition) is 5. The fourth-order valence-electron chi connectivity index (χ4n) is 3.88. The molecule has 1 fully saturated rings. The van der Waals surface area contributed by atoms with Gasteiger partial charge >= 0.3 is 5.69 Å². The number of nitrogens with zero attached hydrogens (tertiary/aromatic N) is 4. The van der Waals surface area contributed by atoms with Crippen LogP contribution in [-0.2, 0) is 24.1 Å². The van der Waals surface area contributed by atoms with Crippen LogP contribution >= 0.6 is 0 Å². The van der Waals surface area contributed by atoms with Gasteiger partial charge in [-0.2, -0.15) is 4.31 Å². The first-order valence-electron chi connectivity index (χ1n) is 9.56. The molecule has 30 heavy (non-hydrogen) atoms. The molecule has 158 valence electrons. The number of fused-ring (bicyclic) bond motifs is 1. The van der Waals surface area contributed by atoms with E-state index in [1.54, 1.807) is 12.1 Å². The highest BCUT2D eigenvalue weighted by Crippen LogP contribution is 2.35. The standard InChI is InChI=1S/C20H21FN4O4S/c1-23-18-15(19(26)24(2)20(23)27)10-11-16(22-18)17-5-3-4-12-25(17)30(28,29)14-8-6-13(21)7-9-14/h6-11,17H,3-5,12H2,1-2H3/t17-/m1/s1. The van der Waals surface area contributed by atoms with E-state index in [9.17, 15) is 22.4 Å². The van der Waals surface area contributed by atoms with Crippen molar-refractivity contribution in [1.82, 2.24) is 18.4 Å². The third-order valence-corrected chi connectivity index (χ3v) is 7.46. The van der Waals surface area contributed by atoms with Crippen molar-refractivity contribution in [2.75, 3.05) is 6.54 Å². The molecule has 1 aromatic carbocycles. The molecule has 3 aromatic rings. The van der Waals surface area contributed by atoms with Crippen molar-refractivity contribution in [2.45, 2.75) is 30.2 Å². The minimum absolute atomic E-state index is 0.0119. The van der Waals surface area contributed by atoms with Gasteiger partial charge in [0, 0.05) is 20.6 Å². The molecular weight excluding hydrogens is 411 g/mol. The van der Waals surface area contributed by atoms with Crippen LogP contribution in [0.2, 0.25) is 0 Å². The Morgan fingerprint density at radius 3 is 2.40 bits per heavy atom. The van der Waals surface area contributed by atoms with Crippen LogP contribution in [0.25, 0.3) is 11.0 Å². The Bertz CT molecular complexity index is 1350. The van der Waals surface area contributed by atoms with Crippen LogP contribution in [-0.4, -0.2) is 33.4 Å². The first kappa shape index (κ1) is 20.4. The van der Waals surface area contributed by atoms with Crippen LogP contribution < -0.4 is 11.2 Å². The van der Waals surface area contributed by atoms with Gasteiger partial charge in [0.15, 0.2) is 0 Å². The number of aryl methyl sites for hydroxylation is 1. The first-order valence-corrected chi connectivity index (χ1v) is 11.0. The summed E-state index contributed by atoms with van der Waals surface area (Å²) in [6.07, 6.45) is 2.07. The molecule has 0 unspecified atom stereocenters. The minimum Gasteiger partial charge on any atom is -0.280 e. The summed E-state index contributed by atoms with van der Waals surface area (Å²) in [6.45, 7) is 0.305. The van der Waals surface area contributed by atoms with Crippen molar-refractivity contribution < 1.29 is 12.8 Å². The summed E-state index contributed by atoms with van der Waals surface area (Å²) < 4.78 is 43.4. The highest BCUT2D eigenvalue weighted by atomic mass is 32.2. The number of rotatable bonds is 3. The number of sulfonamides is 1. The minimum atomic E-state index is -3.87. The van der Waals surface area contributed by atoms with Crippen molar-refractivity contribution in [3.05, 3.63) is 68.7 Å². The summed E-state index contributed by atoms with van der Waals surface area (Å²) >= 11 is 0. The summed E-state index contributed by atoms with van der Waals surface area (Å²) in [7, 11) is -0.949. The number of hydrogen-bond donors (Lipinski definition) is 0. The monoisotopic (exact) mass is 432 g/mol. The first-order chi connectivity index (χ1) is 14.2. The van der Waals surface area contributed by atoms with Crippen LogP contribution in [0, 0.1) is 5.82 Å². The van der Waals surface area contributed by atoms with Gasteiger partial charge < -0.3 is 0 Å². The molecule has 10 heteroatoms. The van der Waals surface area contributed by atoms with E-state index in [1.807, 2.05) is 0 Å². The molecule has 8 nitrogen and oxygen atoms in total. The van der Waals surface area contributed by atoms with E-state index in [0.29, 0.717) is 25.1 Å². The highest BCUT2D eigenvalue weighted by Gasteiger charge is 2.35. The Labute approximate surface area is 172 Å². The van der Waals surface area contributed by atoms with Crippen LogP contribution in [0.5, 0.6) is 0 Å². The van der Waals surface area contributed by atoms with Gasteiger partial charge in [-0.1, -0.05) is 6.42 Å². The van der Waals surface area contributed by atoms with Gasteiger partial charge in [-0.15, -0.1) is 0 Å². The Hall–Kier alpha value is -2.85. The van der Waals surface area contributed by atoms with Crippen molar-refractivity contribution >= 4 is 21.1 Å². The molecule has 0 aliphatic carbocycles. The van der Waals surface area contributed by atoms with Crippen LogP contribution in [0.1, 0.15) is 31.0 Å². The quantitative estimate of drug-likeness (QED) is 0.628. The predicted molar refractivity (Wildman–Crippen MR) is 109 cm³/mol. The normalized spacial score (nSPS) is 18.0. The fourth-order valence-corrected chi connectivity index (χ4v) is 5.55. The Kier molecular flexibility index (Phi) is 5.07. The maximum atomic E-state index is 13.3. The van der Waals surface area contributed by atoms with E-state index in [2.05, 4.69) is 4.98 Å². The zero-order chi connectivity index (χ0) is 21.6. The van der Waals surface area contributed by atoms with Crippen LogP contribution in [0.4, 0.5) is 4.39 Å². The van der Waals surface area contributed by atoms with E-state index in [4.69, 9.17) is 0 Å². The van der Waals surface area contributed by atoms with Crippen LogP contribution in [0.15, 0.2) is 50.9 Å². The van der Waals surface area contributed by atoms with E-state index < -0.39 is 33.1 Å². The van der Waals surface area contributed by atoms with Crippen molar-refractivity contribution in [3.63, 3.8) is 0 Å². The SMILES string of the molecule is Cn1c(=O)c2ccc([C@H]3CCCCN3S(=O)(=O)c3ccc(F)cc3)nc2n(C)c1=O. The molecule has 1 atom stereocenters. The Balaban J connectivity index is 1.83. The topological polar surface area (TPSA) is 94.3 Å². The number of benzene rings is 1. The lowest BCUT2D eigenvalue weighted by atomic mass is 10.0. The molecule has 1 aliphatic heterocycles. The molecule has 3 heterocycles. The Morgan fingerprint density at radius 1 is 1.00 bits per heavy atom. The summed E-state index contributed by atoms with van der Waals surface area (Å²) in [5, 5.41) is 0.284. The average molecular weight is 432 g/mol. The van der Waals surface area contributed by atoms with E-state index in [1.165, 1.54) is 35.1 Å².